The average molecular weight is 400 g/mol. The number of aromatic nitrogens is 1. The van der Waals surface area contributed by atoms with Crippen molar-refractivity contribution >= 4 is 16.8 Å². The van der Waals surface area contributed by atoms with E-state index in [0.717, 1.165) is 32.5 Å². The second kappa shape index (κ2) is 7.42. The van der Waals surface area contributed by atoms with Gasteiger partial charge in [-0.2, -0.15) is 0 Å². The molecule has 4 rings (SSSR count). The van der Waals surface area contributed by atoms with Gasteiger partial charge in [-0.15, -0.1) is 0 Å². The van der Waals surface area contributed by atoms with Crippen LogP contribution in [0.3, 0.4) is 0 Å². The van der Waals surface area contributed by atoms with Gasteiger partial charge in [0.15, 0.2) is 0 Å². The zero-order chi connectivity index (χ0) is 20.8. The van der Waals surface area contributed by atoms with Crippen molar-refractivity contribution in [2.45, 2.75) is 70.7 Å². The molecule has 0 unspecified atom stereocenters. The fourth-order valence-electron chi connectivity index (χ4n) is 5.18. The quantitative estimate of drug-likeness (QED) is 0.742. The summed E-state index contributed by atoms with van der Waals surface area (Å²) in [5, 5.41) is 15.4. The van der Waals surface area contributed by atoms with Crippen LogP contribution in [0, 0.1) is 13.8 Å². The monoisotopic (exact) mass is 399 g/mol. The fraction of sp³-hybridized carbons (Fsp3) is 0.609. The number of piperidine rings is 1. The third-order valence-electron chi connectivity index (χ3n) is 6.98. The van der Waals surface area contributed by atoms with Crippen LogP contribution in [0.2, 0.25) is 0 Å². The number of carbonyl (C=O) groups is 1. The van der Waals surface area contributed by atoms with E-state index in [1.165, 1.54) is 34.6 Å². The Bertz CT molecular complexity index is 913. The first-order chi connectivity index (χ1) is 13.7. The molecule has 1 aromatic carbocycles. The Labute approximate surface area is 172 Å². The standard InChI is InChI=1S/C23H33N3O3/c1-15-5-6-19-18(13-15)16(2)20(24-19)14-26-10-7-23(8-11-26)21(28)22(4,9-12-29-23)25-17(3)27/h5-6,13,21,24,28H,7-12,14H2,1-4H3,(H,25,27)/t21-,22+/m1/s1. The molecule has 158 valence electrons. The number of hydrogen-bond acceptors (Lipinski definition) is 4. The fourth-order valence-corrected chi connectivity index (χ4v) is 5.18. The highest BCUT2D eigenvalue weighted by Gasteiger charge is 2.53. The van der Waals surface area contributed by atoms with Gasteiger partial charge < -0.3 is 20.1 Å². The van der Waals surface area contributed by atoms with Crippen molar-refractivity contribution in [3.8, 4) is 0 Å². The molecule has 2 aromatic rings. The number of aromatic amines is 1. The number of amides is 1. The first-order valence-corrected chi connectivity index (χ1v) is 10.6. The van der Waals surface area contributed by atoms with Crippen LogP contribution in [0.5, 0.6) is 0 Å². The van der Waals surface area contributed by atoms with Crippen LogP contribution >= 0.6 is 0 Å². The van der Waals surface area contributed by atoms with E-state index in [4.69, 9.17) is 4.74 Å². The summed E-state index contributed by atoms with van der Waals surface area (Å²) >= 11 is 0. The molecule has 29 heavy (non-hydrogen) atoms. The molecule has 3 N–H and O–H groups in total. The summed E-state index contributed by atoms with van der Waals surface area (Å²) in [7, 11) is 0. The van der Waals surface area contributed by atoms with Crippen molar-refractivity contribution in [2.75, 3.05) is 19.7 Å². The van der Waals surface area contributed by atoms with Crippen LogP contribution in [-0.4, -0.2) is 57.8 Å². The molecule has 2 saturated heterocycles. The molecule has 0 radical (unpaired) electrons. The lowest BCUT2D eigenvalue weighted by atomic mass is 9.73. The Morgan fingerprint density at radius 3 is 2.72 bits per heavy atom. The maximum Gasteiger partial charge on any atom is 0.217 e. The van der Waals surface area contributed by atoms with Crippen molar-refractivity contribution in [1.29, 1.82) is 0 Å². The molecule has 0 aliphatic carbocycles. The number of aryl methyl sites for hydroxylation is 2. The van der Waals surface area contributed by atoms with E-state index in [2.05, 4.69) is 47.2 Å². The second-order valence-electron chi connectivity index (χ2n) is 9.22. The first-order valence-electron chi connectivity index (χ1n) is 10.6. The summed E-state index contributed by atoms with van der Waals surface area (Å²) in [5.41, 5.74) is 3.84. The zero-order valence-corrected chi connectivity index (χ0v) is 18.0. The molecule has 2 aliphatic rings. The number of fused-ring (bicyclic) bond motifs is 1. The molecular weight excluding hydrogens is 366 g/mol. The molecule has 2 atom stereocenters. The van der Waals surface area contributed by atoms with E-state index in [1.54, 1.807) is 0 Å². The Morgan fingerprint density at radius 2 is 2.03 bits per heavy atom. The number of carbonyl (C=O) groups excluding carboxylic acids is 1. The highest BCUT2D eigenvalue weighted by Crippen LogP contribution is 2.40. The second-order valence-corrected chi connectivity index (χ2v) is 9.22. The van der Waals surface area contributed by atoms with Gasteiger partial charge in [0.25, 0.3) is 0 Å². The molecule has 1 spiro atoms. The van der Waals surface area contributed by atoms with Crippen molar-refractivity contribution < 1.29 is 14.6 Å². The van der Waals surface area contributed by atoms with E-state index in [9.17, 15) is 9.90 Å². The highest BCUT2D eigenvalue weighted by atomic mass is 16.5. The topological polar surface area (TPSA) is 77.6 Å². The van der Waals surface area contributed by atoms with Crippen LogP contribution < -0.4 is 5.32 Å². The van der Waals surface area contributed by atoms with E-state index in [-0.39, 0.29) is 5.91 Å². The summed E-state index contributed by atoms with van der Waals surface area (Å²) in [6.07, 6.45) is 1.46. The predicted molar refractivity (Wildman–Crippen MR) is 114 cm³/mol. The van der Waals surface area contributed by atoms with Crippen molar-refractivity contribution in [1.82, 2.24) is 15.2 Å². The Balaban J connectivity index is 1.45. The average Bonchev–Trinajstić information content (AvgIpc) is 2.96. The lowest BCUT2D eigenvalue weighted by Crippen LogP contribution is -2.69. The molecule has 6 heteroatoms. The van der Waals surface area contributed by atoms with Crippen LogP contribution in [0.4, 0.5) is 0 Å². The van der Waals surface area contributed by atoms with Crippen molar-refractivity contribution in [3.63, 3.8) is 0 Å². The predicted octanol–water partition coefficient (Wildman–Crippen LogP) is 2.80. The molecule has 3 heterocycles. The number of rotatable bonds is 3. The van der Waals surface area contributed by atoms with Crippen molar-refractivity contribution in [2.24, 2.45) is 0 Å². The molecule has 1 amide bonds. The molecule has 6 nitrogen and oxygen atoms in total. The van der Waals surface area contributed by atoms with Gasteiger partial charge in [0, 0.05) is 49.8 Å². The summed E-state index contributed by atoms with van der Waals surface area (Å²) in [6, 6.07) is 6.53. The number of ether oxygens (including phenoxy) is 1. The highest BCUT2D eigenvalue weighted by molar-refractivity contribution is 5.85. The molecule has 0 saturated carbocycles. The van der Waals surface area contributed by atoms with Crippen LogP contribution in [0.1, 0.15) is 49.9 Å². The van der Waals surface area contributed by atoms with Gasteiger partial charge in [0.2, 0.25) is 5.91 Å². The summed E-state index contributed by atoms with van der Waals surface area (Å²) in [5.74, 6) is -0.106. The van der Waals surface area contributed by atoms with Gasteiger partial charge in [0.05, 0.1) is 11.1 Å². The minimum absolute atomic E-state index is 0.106. The van der Waals surface area contributed by atoms with Gasteiger partial charge >= 0.3 is 0 Å². The lowest BCUT2D eigenvalue weighted by molar-refractivity contribution is -0.208. The normalized spacial score (nSPS) is 27.4. The summed E-state index contributed by atoms with van der Waals surface area (Å²) in [4.78, 5) is 17.7. The minimum atomic E-state index is -0.701. The Hall–Kier alpha value is -1.89. The lowest BCUT2D eigenvalue weighted by Gasteiger charge is -2.53. The van der Waals surface area contributed by atoms with Gasteiger partial charge in [0.1, 0.15) is 6.10 Å². The van der Waals surface area contributed by atoms with E-state index < -0.39 is 17.2 Å². The number of aliphatic hydroxyl groups excluding tert-OH is 1. The SMILES string of the molecule is CC(=O)N[C@@]1(C)CCOC2(CCN(Cc3[nH]c4ccc(C)cc4c3C)CC2)[C@@H]1O. The van der Waals surface area contributed by atoms with E-state index in [1.807, 2.05) is 6.92 Å². The number of likely N-dealkylation sites (tertiary alicyclic amines) is 1. The number of hydrogen-bond donors (Lipinski definition) is 3. The largest absolute Gasteiger partial charge is 0.388 e. The van der Waals surface area contributed by atoms with Gasteiger partial charge in [-0.1, -0.05) is 11.6 Å². The molecule has 0 bridgehead atoms. The number of nitrogens with zero attached hydrogens (tertiary/aromatic N) is 1. The number of nitrogens with one attached hydrogen (secondary N) is 2. The van der Waals surface area contributed by atoms with E-state index >= 15 is 0 Å². The van der Waals surface area contributed by atoms with Crippen LogP contribution in [0.25, 0.3) is 10.9 Å². The van der Waals surface area contributed by atoms with Gasteiger partial charge in [-0.25, -0.2) is 0 Å². The third-order valence-corrected chi connectivity index (χ3v) is 6.98. The van der Waals surface area contributed by atoms with Crippen molar-refractivity contribution in [3.05, 3.63) is 35.0 Å². The van der Waals surface area contributed by atoms with Gasteiger partial charge in [-0.05, 0) is 57.7 Å². The molecule has 1 aromatic heterocycles. The zero-order valence-electron chi connectivity index (χ0n) is 18.0. The van der Waals surface area contributed by atoms with Crippen LogP contribution in [0.15, 0.2) is 18.2 Å². The number of H-pyrrole nitrogens is 1. The Morgan fingerprint density at radius 1 is 1.31 bits per heavy atom. The molecule has 2 fully saturated rings. The van der Waals surface area contributed by atoms with E-state index in [0.29, 0.717) is 13.0 Å². The Kier molecular flexibility index (Phi) is 5.21. The first kappa shape index (κ1) is 20.4. The minimum Gasteiger partial charge on any atom is -0.388 e. The smallest absolute Gasteiger partial charge is 0.217 e. The third kappa shape index (κ3) is 3.69. The maximum absolute atomic E-state index is 11.6. The van der Waals surface area contributed by atoms with Crippen LogP contribution in [-0.2, 0) is 16.1 Å². The number of aliphatic hydroxyl groups is 1. The summed E-state index contributed by atoms with van der Waals surface area (Å²) in [6.45, 7) is 10.9. The molecular formula is C23H33N3O3. The molecule has 2 aliphatic heterocycles. The van der Waals surface area contributed by atoms with Gasteiger partial charge in [-0.3, -0.25) is 9.69 Å². The number of benzene rings is 1. The maximum atomic E-state index is 11.6. The summed E-state index contributed by atoms with van der Waals surface area (Å²) < 4.78 is 6.14.